The van der Waals surface area contributed by atoms with Gasteiger partial charge in [0.2, 0.25) is 5.91 Å². The molecule has 0 fully saturated rings. The highest BCUT2D eigenvalue weighted by Crippen LogP contribution is 1.86. The van der Waals surface area contributed by atoms with Gasteiger partial charge in [-0.25, -0.2) is 0 Å². The van der Waals surface area contributed by atoms with Crippen LogP contribution in [0.2, 0.25) is 0 Å². The fourth-order valence-corrected chi connectivity index (χ4v) is 0.924. The van der Waals surface area contributed by atoms with Crippen molar-refractivity contribution in [2.75, 3.05) is 19.8 Å². The van der Waals surface area contributed by atoms with E-state index < -0.39 is 0 Å². The summed E-state index contributed by atoms with van der Waals surface area (Å²) in [7, 11) is 0. The van der Waals surface area contributed by atoms with Gasteiger partial charge in [0, 0.05) is 13.0 Å². The van der Waals surface area contributed by atoms with Crippen LogP contribution in [-0.2, 0) is 9.53 Å². The Hall–Kier alpha value is -1.05. The Morgan fingerprint density at radius 1 is 1.57 bits per heavy atom. The minimum atomic E-state index is 0.0992. The molecule has 0 heterocycles. The highest BCUT2D eigenvalue weighted by Gasteiger charge is 1.96. The van der Waals surface area contributed by atoms with Crippen molar-refractivity contribution >= 4 is 5.91 Å². The molecule has 0 unspecified atom stereocenters. The molecule has 14 heavy (non-hydrogen) atoms. The second kappa shape index (κ2) is 10.0. The lowest BCUT2D eigenvalue weighted by molar-refractivity contribution is -0.121. The van der Waals surface area contributed by atoms with E-state index >= 15 is 0 Å². The van der Waals surface area contributed by atoms with Gasteiger partial charge in [0.15, 0.2) is 0 Å². The second-order valence-electron chi connectivity index (χ2n) is 2.91. The summed E-state index contributed by atoms with van der Waals surface area (Å²) in [6, 6.07) is 0. The molecule has 0 saturated heterocycles. The standard InChI is InChI=1S/C11H19NO2/c1-3-5-6-9-14-10-8-12-11(13)7-4-2/h5H,1,4,6-10H2,2H3,(H,12,13). The largest absolute Gasteiger partial charge is 0.379 e. The molecule has 0 saturated carbocycles. The van der Waals surface area contributed by atoms with Crippen LogP contribution in [0.15, 0.2) is 18.4 Å². The zero-order chi connectivity index (χ0) is 10.6. The molecule has 1 amide bonds. The maximum absolute atomic E-state index is 11.0. The molecule has 3 heteroatoms. The highest BCUT2D eigenvalue weighted by atomic mass is 16.5. The minimum absolute atomic E-state index is 0.0992. The van der Waals surface area contributed by atoms with E-state index in [4.69, 9.17) is 4.74 Å². The molecule has 0 rings (SSSR count). The van der Waals surface area contributed by atoms with Crippen molar-refractivity contribution in [1.29, 1.82) is 0 Å². The summed E-state index contributed by atoms with van der Waals surface area (Å²) in [6.45, 7) is 7.25. The summed E-state index contributed by atoms with van der Waals surface area (Å²) >= 11 is 0. The lowest BCUT2D eigenvalue weighted by Crippen LogP contribution is -2.26. The average Bonchev–Trinajstić information content (AvgIpc) is 2.17. The Kier molecular flexibility index (Phi) is 9.28. The smallest absolute Gasteiger partial charge is 0.220 e. The van der Waals surface area contributed by atoms with Crippen LogP contribution in [0.3, 0.4) is 0 Å². The van der Waals surface area contributed by atoms with E-state index in [1.165, 1.54) is 0 Å². The molecule has 0 bridgehead atoms. The monoisotopic (exact) mass is 197 g/mol. The van der Waals surface area contributed by atoms with Gasteiger partial charge in [0.05, 0.1) is 13.2 Å². The molecule has 0 spiro atoms. The maximum atomic E-state index is 11.0. The second-order valence-corrected chi connectivity index (χ2v) is 2.91. The van der Waals surface area contributed by atoms with Crippen molar-refractivity contribution in [3.05, 3.63) is 18.4 Å². The summed E-state index contributed by atoms with van der Waals surface area (Å²) in [5.74, 6) is 0.0992. The van der Waals surface area contributed by atoms with Gasteiger partial charge in [-0.1, -0.05) is 13.5 Å². The summed E-state index contributed by atoms with van der Waals surface area (Å²) in [6.07, 6.45) is 4.14. The molecule has 80 valence electrons. The summed E-state index contributed by atoms with van der Waals surface area (Å²) in [5.41, 5.74) is 2.67. The van der Waals surface area contributed by atoms with Crippen molar-refractivity contribution in [2.24, 2.45) is 0 Å². The molecule has 0 aromatic heterocycles. The van der Waals surface area contributed by atoms with Gasteiger partial charge < -0.3 is 10.1 Å². The number of hydrogen-bond donors (Lipinski definition) is 1. The van der Waals surface area contributed by atoms with Crippen molar-refractivity contribution in [3.63, 3.8) is 0 Å². The van der Waals surface area contributed by atoms with Crippen LogP contribution >= 0.6 is 0 Å². The third-order valence-electron chi connectivity index (χ3n) is 1.60. The van der Waals surface area contributed by atoms with Gasteiger partial charge in [0.25, 0.3) is 0 Å². The molecule has 0 atom stereocenters. The first-order valence-electron chi connectivity index (χ1n) is 5.00. The lowest BCUT2D eigenvalue weighted by Gasteiger charge is -2.04. The van der Waals surface area contributed by atoms with Crippen LogP contribution in [0.5, 0.6) is 0 Å². The SMILES string of the molecule is C=C=CCCOCCNC(=O)CCC. The van der Waals surface area contributed by atoms with Crippen LogP contribution in [0.1, 0.15) is 26.2 Å². The molecule has 0 aliphatic carbocycles. The van der Waals surface area contributed by atoms with E-state index in [9.17, 15) is 4.79 Å². The van der Waals surface area contributed by atoms with Crippen molar-refractivity contribution < 1.29 is 9.53 Å². The maximum Gasteiger partial charge on any atom is 0.220 e. The van der Waals surface area contributed by atoms with E-state index in [-0.39, 0.29) is 5.91 Å². The molecular weight excluding hydrogens is 178 g/mol. The first kappa shape index (κ1) is 12.9. The summed E-state index contributed by atoms with van der Waals surface area (Å²) < 4.78 is 5.25. The van der Waals surface area contributed by atoms with Crippen molar-refractivity contribution in [2.45, 2.75) is 26.2 Å². The van der Waals surface area contributed by atoms with Gasteiger partial charge in [-0.15, -0.1) is 5.73 Å². The normalized spacial score (nSPS) is 9.21. The predicted octanol–water partition coefficient (Wildman–Crippen LogP) is 1.65. The first-order valence-corrected chi connectivity index (χ1v) is 5.00. The van der Waals surface area contributed by atoms with Gasteiger partial charge in [-0.3, -0.25) is 4.79 Å². The zero-order valence-electron chi connectivity index (χ0n) is 8.84. The fraction of sp³-hybridized carbons (Fsp3) is 0.636. The third-order valence-corrected chi connectivity index (χ3v) is 1.60. The van der Waals surface area contributed by atoms with Crippen LogP contribution in [0.4, 0.5) is 0 Å². The van der Waals surface area contributed by atoms with E-state index in [0.29, 0.717) is 26.2 Å². The van der Waals surface area contributed by atoms with Gasteiger partial charge in [-0.05, 0) is 18.9 Å². The third kappa shape index (κ3) is 9.04. The minimum Gasteiger partial charge on any atom is -0.379 e. The van der Waals surface area contributed by atoms with E-state index in [1.807, 2.05) is 13.0 Å². The highest BCUT2D eigenvalue weighted by molar-refractivity contribution is 5.75. The number of rotatable bonds is 8. The van der Waals surface area contributed by atoms with Crippen LogP contribution in [0.25, 0.3) is 0 Å². The topological polar surface area (TPSA) is 38.3 Å². The Bertz CT molecular complexity index is 195. The predicted molar refractivity (Wildman–Crippen MR) is 57.1 cm³/mol. The summed E-state index contributed by atoms with van der Waals surface area (Å²) in [5, 5.41) is 2.77. The Labute approximate surface area is 85.8 Å². The van der Waals surface area contributed by atoms with Gasteiger partial charge in [0.1, 0.15) is 0 Å². The zero-order valence-corrected chi connectivity index (χ0v) is 8.84. The van der Waals surface area contributed by atoms with Crippen LogP contribution < -0.4 is 5.32 Å². The Morgan fingerprint density at radius 2 is 2.36 bits per heavy atom. The van der Waals surface area contributed by atoms with E-state index in [2.05, 4.69) is 17.6 Å². The molecule has 3 nitrogen and oxygen atoms in total. The number of amides is 1. The van der Waals surface area contributed by atoms with Crippen LogP contribution in [-0.4, -0.2) is 25.7 Å². The molecule has 0 aromatic carbocycles. The number of nitrogens with one attached hydrogen (secondary N) is 1. The van der Waals surface area contributed by atoms with Gasteiger partial charge >= 0.3 is 0 Å². The Balaban J connectivity index is 3.13. The lowest BCUT2D eigenvalue weighted by atomic mass is 10.3. The number of carbonyl (C=O) groups excluding carboxylic acids is 1. The first-order chi connectivity index (χ1) is 6.81. The number of ether oxygens (including phenoxy) is 1. The van der Waals surface area contributed by atoms with Crippen molar-refractivity contribution in [1.82, 2.24) is 5.32 Å². The Morgan fingerprint density at radius 3 is 3.00 bits per heavy atom. The van der Waals surface area contributed by atoms with Crippen molar-refractivity contribution in [3.8, 4) is 0 Å². The van der Waals surface area contributed by atoms with Crippen LogP contribution in [0, 0.1) is 0 Å². The summed E-state index contributed by atoms with van der Waals surface area (Å²) in [4.78, 5) is 11.0. The average molecular weight is 197 g/mol. The molecule has 0 aliphatic rings. The molecule has 1 N–H and O–H groups in total. The number of hydrogen-bond acceptors (Lipinski definition) is 2. The molecular formula is C11H19NO2. The molecule has 0 aromatic rings. The molecule has 0 radical (unpaired) electrons. The quantitative estimate of drug-likeness (QED) is 0.474. The number of carbonyl (C=O) groups is 1. The van der Waals surface area contributed by atoms with E-state index in [1.54, 1.807) is 0 Å². The van der Waals surface area contributed by atoms with Gasteiger partial charge in [-0.2, -0.15) is 0 Å². The fourth-order valence-electron chi connectivity index (χ4n) is 0.924. The van der Waals surface area contributed by atoms with E-state index in [0.717, 1.165) is 12.8 Å². The molecule has 0 aliphatic heterocycles.